The summed E-state index contributed by atoms with van der Waals surface area (Å²) in [5.41, 5.74) is 1.15. The van der Waals surface area contributed by atoms with Gasteiger partial charge in [0, 0.05) is 31.7 Å². The van der Waals surface area contributed by atoms with Crippen LogP contribution in [0.2, 0.25) is 0 Å². The molecule has 0 spiro atoms. The zero-order valence-corrected chi connectivity index (χ0v) is 18.8. The number of β-amino-alcohol motifs (C(OH)–C–C–N with tert-alkyl or cyclic N) is 1. The summed E-state index contributed by atoms with van der Waals surface area (Å²) in [5, 5.41) is 13.1. The molecular weight excluding hydrogens is 449 g/mol. The van der Waals surface area contributed by atoms with Gasteiger partial charge in [0.2, 0.25) is 5.91 Å². The number of aliphatic hydroxyl groups excluding tert-OH is 1. The van der Waals surface area contributed by atoms with E-state index < -0.39 is 17.7 Å². The highest BCUT2D eigenvalue weighted by atomic mass is 19.1. The van der Waals surface area contributed by atoms with Gasteiger partial charge in [0.05, 0.1) is 37.9 Å². The largest absolute Gasteiger partial charge is 0.389 e. The van der Waals surface area contributed by atoms with E-state index in [1.165, 1.54) is 24.3 Å². The lowest BCUT2D eigenvalue weighted by Crippen LogP contribution is -2.55. The first-order chi connectivity index (χ1) is 16.4. The molecular formula is C25H29F3N2O4. The third-order valence-electron chi connectivity index (χ3n) is 6.19. The molecule has 2 aromatic carbocycles. The van der Waals surface area contributed by atoms with E-state index in [4.69, 9.17) is 9.47 Å². The third-order valence-corrected chi connectivity index (χ3v) is 6.19. The van der Waals surface area contributed by atoms with Gasteiger partial charge in [-0.2, -0.15) is 0 Å². The van der Waals surface area contributed by atoms with Crippen LogP contribution in [0.3, 0.4) is 0 Å². The molecule has 0 radical (unpaired) electrons. The summed E-state index contributed by atoms with van der Waals surface area (Å²) in [5.74, 6) is -1.84. The maximum Gasteiger partial charge on any atom is 0.222 e. The van der Waals surface area contributed by atoms with E-state index in [1.54, 1.807) is 12.1 Å². The van der Waals surface area contributed by atoms with Crippen molar-refractivity contribution in [1.29, 1.82) is 0 Å². The Morgan fingerprint density at radius 2 is 1.79 bits per heavy atom. The first-order valence-electron chi connectivity index (χ1n) is 11.5. The number of nitrogens with one attached hydrogen (secondary N) is 1. The Labute approximate surface area is 196 Å². The van der Waals surface area contributed by atoms with Gasteiger partial charge in [-0.3, -0.25) is 9.69 Å². The van der Waals surface area contributed by atoms with Crippen LogP contribution in [0.15, 0.2) is 42.5 Å². The highest BCUT2D eigenvalue weighted by Gasteiger charge is 2.38. The number of carbonyl (C=O) groups is 1. The van der Waals surface area contributed by atoms with Gasteiger partial charge in [-0.15, -0.1) is 0 Å². The van der Waals surface area contributed by atoms with Gasteiger partial charge in [0.1, 0.15) is 17.5 Å². The van der Waals surface area contributed by atoms with E-state index in [2.05, 4.69) is 5.32 Å². The van der Waals surface area contributed by atoms with E-state index in [1.807, 2.05) is 4.90 Å². The zero-order chi connectivity index (χ0) is 24.1. The molecule has 2 fully saturated rings. The maximum atomic E-state index is 13.7. The van der Waals surface area contributed by atoms with E-state index in [-0.39, 0.29) is 69.2 Å². The van der Waals surface area contributed by atoms with Crippen molar-refractivity contribution >= 4 is 5.91 Å². The molecule has 0 bridgehead atoms. The average Bonchev–Trinajstić information content (AvgIpc) is 2.76. The topological polar surface area (TPSA) is 71.0 Å². The van der Waals surface area contributed by atoms with Gasteiger partial charge in [-0.1, -0.05) is 12.1 Å². The van der Waals surface area contributed by atoms with Crippen LogP contribution < -0.4 is 5.32 Å². The fourth-order valence-corrected chi connectivity index (χ4v) is 4.69. The summed E-state index contributed by atoms with van der Waals surface area (Å²) < 4.78 is 52.5. The number of benzene rings is 2. The van der Waals surface area contributed by atoms with Crippen molar-refractivity contribution in [2.24, 2.45) is 0 Å². The van der Waals surface area contributed by atoms with E-state index >= 15 is 0 Å². The molecule has 0 aromatic heterocycles. The number of aliphatic hydroxyl groups is 1. The molecule has 4 atom stereocenters. The lowest BCUT2D eigenvalue weighted by molar-refractivity contribution is -0.158. The van der Waals surface area contributed by atoms with Gasteiger partial charge in [0.25, 0.3) is 0 Å². The number of hydrogen-bond donors (Lipinski definition) is 2. The van der Waals surface area contributed by atoms with Crippen LogP contribution in [0.5, 0.6) is 0 Å². The second-order valence-corrected chi connectivity index (χ2v) is 8.95. The molecule has 184 valence electrons. The normalized spacial score (nSPS) is 25.8. The molecule has 0 saturated carbocycles. The van der Waals surface area contributed by atoms with Crippen molar-refractivity contribution in [2.45, 2.75) is 56.7 Å². The van der Waals surface area contributed by atoms with Crippen molar-refractivity contribution in [3.05, 3.63) is 71.0 Å². The van der Waals surface area contributed by atoms with E-state index in [9.17, 15) is 23.1 Å². The summed E-state index contributed by atoms with van der Waals surface area (Å²) in [6.45, 7) is 1.14. The van der Waals surface area contributed by atoms with Crippen LogP contribution in [0.25, 0.3) is 0 Å². The highest BCUT2D eigenvalue weighted by Crippen LogP contribution is 2.29. The minimum atomic E-state index is -0.731. The van der Waals surface area contributed by atoms with Gasteiger partial charge < -0.3 is 19.9 Å². The van der Waals surface area contributed by atoms with Gasteiger partial charge >= 0.3 is 0 Å². The van der Waals surface area contributed by atoms with Gasteiger partial charge in [-0.25, -0.2) is 13.2 Å². The quantitative estimate of drug-likeness (QED) is 0.668. The summed E-state index contributed by atoms with van der Waals surface area (Å²) in [4.78, 5) is 14.4. The van der Waals surface area contributed by atoms with Crippen LogP contribution in [-0.4, -0.2) is 60.0 Å². The molecule has 2 aromatic rings. The summed E-state index contributed by atoms with van der Waals surface area (Å²) in [6.07, 6.45) is 0.0662. The molecule has 2 aliphatic heterocycles. The monoisotopic (exact) mass is 478 g/mol. The van der Waals surface area contributed by atoms with Crippen LogP contribution in [0.1, 0.15) is 30.4 Å². The van der Waals surface area contributed by atoms with Crippen molar-refractivity contribution in [3.63, 3.8) is 0 Å². The molecule has 34 heavy (non-hydrogen) atoms. The molecule has 4 rings (SSSR count). The summed E-state index contributed by atoms with van der Waals surface area (Å²) in [7, 11) is 0. The molecule has 0 unspecified atom stereocenters. The number of rotatable bonds is 6. The summed E-state index contributed by atoms with van der Waals surface area (Å²) >= 11 is 0. The smallest absolute Gasteiger partial charge is 0.222 e. The Hall–Kier alpha value is -2.46. The number of carbonyl (C=O) groups excluding carboxylic acids is 1. The molecule has 0 aliphatic carbocycles. The molecule has 1 amide bonds. The number of halogens is 3. The predicted molar refractivity (Wildman–Crippen MR) is 118 cm³/mol. The second-order valence-electron chi connectivity index (χ2n) is 8.95. The zero-order valence-electron chi connectivity index (χ0n) is 18.8. The summed E-state index contributed by atoms with van der Waals surface area (Å²) in [6, 6.07) is 9.33. The number of amides is 1. The van der Waals surface area contributed by atoms with Crippen molar-refractivity contribution in [3.8, 4) is 0 Å². The first-order valence-corrected chi connectivity index (χ1v) is 11.5. The predicted octanol–water partition coefficient (Wildman–Crippen LogP) is 2.92. The number of nitrogens with zero attached hydrogens (tertiary/aromatic N) is 1. The lowest BCUT2D eigenvalue weighted by Gasteiger charge is -2.44. The van der Waals surface area contributed by atoms with Crippen LogP contribution in [0.4, 0.5) is 13.2 Å². The Bertz CT molecular complexity index is 972. The SMILES string of the molecule is O=C(C[C@@H]1CC[C@H]2[C@@H](COC[C@@H](O)CN2Cc2cc(F)cc(F)c2)O1)NCc1cccc(F)c1. The first kappa shape index (κ1) is 24.7. The lowest BCUT2D eigenvalue weighted by atomic mass is 9.94. The Morgan fingerprint density at radius 1 is 1.03 bits per heavy atom. The minimum absolute atomic E-state index is 0.124. The molecule has 2 aliphatic rings. The fourth-order valence-electron chi connectivity index (χ4n) is 4.69. The molecule has 9 heteroatoms. The Balaban J connectivity index is 1.36. The van der Waals surface area contributed by atoms with Crippen molar-refractivity contribution in [2.75, 3.05) is 19.8 Å². The average molecular weight is 479 g/mol. The molecule has 6 nitrogen and oxygen atoms in total. The fraction of sp³-hybridized carbons (Fsp3) is 0.480. The van der Waals surface area contributed by atoms with Gasteiger partial charge in [-0.05, 0) is 48.2 Å². The standard InChI is InChI=1S/C25H29F3N2O4/c26-18-3-1-2-16(6-18)11-29-25(32)10-22-4-5-23-24(34-22)15-33-14-21(31)13-30(23)12-17-7-19(27)9-20(28)8-17/h1-3,6-9,21-24,31H,4-5,10-15H2,(H,29,32)/t21-,22-,23-,24+/m0/s1. The number of ether oxygens (including phenoxy) is 2. The second kappa shape index (κ2) is 11.3. The molecule has 2 saturated heterocycles. The van der Waals surface area contributed by atoms with E-state index in [0.717, 1.165) is 6.07 Å². The Morgan fingerprint density at radius 3 is 2.56 bits per heavy atom. The number of hydrogen-bond acceptors (Lipinski definition) is 5. The van der Waals surface area contributed by atoms with Crippen LogP contribution >= 0.6 is 0 Å². The third kappa shape index (κ3) is 6.79. The maximum absolute atomic E-state index is 13.7. The Kier molecular flexibility index (Phi) is 8.20. The minimum Gasteiger partial charge on any atom is -0.389 e. The molecule has 2 heterocycles. The van der Waals surface area contributed by atoms with E-state index in [0.29, 0.717) is 24.0 Å². The highest BCUT2D eigenvalue weighted by molar-refractivity contribution is 5.76. The van der Waals surface area contributed by atoms with Crippen molar-refractivity contribution in [1.82, 2.24) is 10.2 Å². The molecule has 2 N–H and O–H groups in total. The van der Waals surface area contributed by atoms with Crippen LogP contribution in [-0.2, 0) is 27.4 Å². The number of fused-ring (bicyclic) bond motifs is 1. The van der Waals surface area contributed by atoms with Gasteiger partial charge in [0.15, 0.2) is 0 Å². The van der Waals surface area contributed by atoms with Crippen molar-refractivity contribution < 1.29 is 32.5 Å². The van der Waals surface area contributed by atoms with Crippen LogP contribution in [0, 0.1) is 17.5 Å².